The SMILES string of the molecule is CCO.CCO.O.O.[CH3-].[CH3-].[Ta+2]. The summed E-state index contributed by atoms with van der Waals surface area (Å²) in [5.41, 5.74) is 0. The summed E-state index contributed by atoms with van der Waals surface area (Å²) in [5, 5.41) is 15.1. The van der Waals surface area contributed by atoms with Crippen LogP contribution in [0.2, 0.25) is 0 Å². The largest absolute Gasteiger partial charge is 2.00 e. The Morgan fingerprint density at radius 1 is 0.818 bits per heavy atom. The van der Waals surface area contributed by atoms with E-state index in [4.69, 9.17) is 10.2 Å². The molecule has 5 heteroatoms. The molecule has 0 heterocycles. The molecule has 0 amide bonds. The average molecular weight is 339 g/mol. The second-order valence-electron chi connectivity index (χ2n) is 0.632. The van der Waals surface area contributed by atoms with Crippen molar-refractivity contribution in [1.29, 1.82) is 0 Å². The Kier molecular flexibility index (Phi) is 819. The summed E-state index contributed by atoms with van der Waals surface area (Å²) < 4.78 is 0. The van der Waals surface area contributed by atoms with E-state index in [2.05, 4.69) is 0 Å². The Bertz CT molecular complexity index is 16.5. The molecule has 0 unspecified atom stereocenters. The average Bonchev–Trinajstić information content (AvgIpc) is 1.39. The van der Waals surface area contributed by atoms with Gasteiger partial charge < -0.3 is 36.0 Å². The standard InChI is InChI=1S/2C2H6O.2CH3.2H2O.Ta/c2*1-2-3;;;;;/h2*3H,2H2,1H3;2*1H3;2*1H2;/q;;2*-1;;;+2. The molecule has 0 rings (SSSR count). The maximum atomic E-state index is 7.57. The van der Waals surface area contributed by atoms with Crippen molar-refractivity contribution in [2.75, 3.05) is 13.2 Å². The van der Waals surface area contributed by atoms with Crippen LogP contribution in [0.3, 0.4) is 0 Å². The maximum absolute atomic E-state index is 7.57. The van der Waals surface area contributed by atoms with Gasteiger partial charge >= 0.3 is 22.4 Å². The van der Waals surface area contributed by atoms with E-state index in [0.717, 1.165) is 0 Å². The van der Waals surface area contributed by atoms with Gasteiger partial charge in [0.25, 0.3) is 0 Å². The predicted octanol–water partition coefficient (Wildman–Crippen LogP) is -0.754. The van der Waals surface area contributed by atoms with Crippen LogP contribution in [0, 0.1) is 14.9 Å². The van der Waals surface area contributed by atoms with Gasteiger partial charge in [-0.25, -0.2) is 0 Å². The third-order valence-electron chi connectivity index (χ3n) is 0. The van der Waals surface area contributed by atoms with Crippen LogP contribution in [0.5, 0.6) is 0 Å². The second-order valence-corrected chi connectivity index (χ2v) is 0.632. The van der Waals surface area contributed by atoms with Crippen LogP contribution in [-0.2, 0) is 22.4 Å². The molecule has 4 nitrogen and oxygen atoms in total. The minimum absolute atomic E-state index is 0. The molecule has 11 heavy (non-hydrogen) atoms. The van der Waals surface area contributed by atoms with Crippen molar-refractivity contribution in [3.05, 3.63) is 14.9 Å². The molecule has 0 fully saturated rings. The van der Waals surface area contributed by atoms with Gasteiger partial charge in [0.2, 0.25) is 0 Å². The summed E-state index contributed by atoms with van der Waals surface area (Å²) in [4.78, 5) is 0. The van der Waals surface area contributed by atoms with Crippen molar-refractivity contribution in [3.8, 4) is 0 Å². The first-order chi connectivity index (χ1) is 2.83. The van der Waals surface area contributed by atoms with E-state index in [-0.39, 0.29) is 61.4 Å². The Labute approximate surface area is 85.8 Å². The molecule has 0 aromatic carbocycles. The van der Waals surface area contributed by atoms with Gasteiger partial charge in [0.1, 0.15) is 0 Å². The molecule has 0 spiro atoms. The monoisotopic (exact) mass is 339 g/mol. The summed E-state index contributed by atoms with van der Waals surface area (Å²) >= 11 is 0. The molecule has 0 bridgehead atoms. The number of rotatable bonds is 0. The van der Waals surface area contributed by atoms with Crippen molar-refractivity contribution in [2.45, 2.75) is 13.8 Å². The smallest absolute Gasteiger partial charge is 0.412 e. The van der Waals surface area contributed by atoms with E-state index in [0.29, 0.717) is 0 Å². The zero-order valence-corrected chi connectivity index (χ0v) is 11.0. The minimum Gasteiger partial charge on any atom is -0.412 e. The van der Waals surface area contributed by atoms with Crippen molar-refractivity contribution in [3.63, 3.8) is 0 Å². The van der Waals surface area contributed by atoms with Gasteiger partial charge in [-0.2, -0.15) is 0 Å². The molecule has 0 saturated heterocycles. The molecule has 0 aliphatic rings. The third kappa shape index (κ3) is 2310. The van der Waals surface area contributed by atoms with E-state index >= 15 is 0 Å². The Morgan fingerprint density at radius 3 is 0.818 bits per heavy atom. The van der Waals surface area contributed by atoms with Gasteiger partial charge in [0.15, 0.2) is 0 Å². The first-order valence-corrected chi connectivity index (χ1v) is 2.05. The Balaban J connectivity index is -0.00000000400. The summed E-state index contributed by atoms with van der Waals surface area (Å²) in [7, 11) is 0. The molecule has 0 aliphatic heterocycles. The summed E-state index contributed by atoms with van der Waals surface area (Å²) in [6.45, 7) is 3.86. The Hall–Kier alpha value is 0.580. The fraction of sp³-hybridized carbons (Fsp3) is 0.667. The molecular weight excluding hydrogens is 317 g/mol. The van der Waals surface area contributed by atoms with Crippen LogP contribution in [0.1, 0.15) is 13.8 Å². The van der Waals surface area contributed by atoms with Crippen molar-refractivity contribution in [1.82, 2.24) is 0 Å². The molecule has 0 aliphatic carbocycles. The summed E-state index contributed by atoms with van der Waals surface area (Å²) in [6, 6.07) is 0. The minimum atomic E-state index is 0. The molecule has 0 aromatic rings. The van der Waals surface area contributed by atoms with Crippen LogP contribution in [0.4, 0.5) is 0 Å². The topological polar surface area (TPSA) is 103 Å². The van der Waals surface area contributed by atoms with Gasteiger partial charge in [0.05, 0.1) is 0 Å². The van der Waals surface area contributed by atoms with Crippen molar-refractivity contribution >= 4 is 0 Å². The molecule has 6 N–H and O–H groups in total. The number of aliphatic hydroxyl groups excluding tert-OH is 2. The summed E-state index contributed by atoms with van der Waals surface area (Å²) in [5.74, 6) is 0. The van der Waals surface area contributed by atoms with Crippen molar-refractivity contribution < 1.29 is 43.5 Å². The fourth-order valence-electron chi connectivity index (χ4n) is 0. The van der Waals surface area contributed by atoms with Gasteiger partial charge in [-0.05, 0) is 13.8 Å². The molecule has 0 atom stereocenters. The molecule has 75 valence electrons. The quantitative estimate of drug-likeness (QED) is 0.567. The first-order valence-electron chi connectivity index (χ1n) is 2.05. The van der Waals surface area contributed by atoms with Gasteiger partial charge in [-0.1, -0.05) is 0 Å². The number of hydrogen-bond donors (Lipinski definition) is 2. The van der Waals surface area contributed by atoms with Gasteiger partial charge in [-0.3, -0.25) is 0 Å². The van der Waals surface area contributed by atoms with Crippen LogP contribution in [-0.4, -0.2) is 34.4 Å². The molecule has 0 saturated carbocycles. The fourth-order valence-corrected chi connectivity index (χ4v) is 0. The zero-order chi connectivity index (χ0) is 5.41. The maximum Gasteiger partial charge on any atom is 2.00 e. The van der Waals surface area contributed by atoms with E-state index < -0.39 is 0 Å². The number of hydrogen-bond acceptors (Lipinski definition) is 2. The van der Waals surface area contributed by atoms with E-state index in [1.807, 2.05) is 0 Å². The summed E-state index contributed by atoms with van der Waals surface area (Å²) in [6.07, 6.45) is 0. The predicted molar refractivity (Wildman–Crippen MR) is 45.6 cm³/mol. The van der Waals surface area contributed by atoms with Crippen molar-refractivity contribution in [2.24, 2.45) is 0 Å². The van der Waals surface area contributed by atoms with E-state index in [1.165, 1.54) is 0 Å². The van der Waals surface area contributed by atoms with Crippen LogP contribution in [0.25, 0.3) is 0 Å². The van der Waals surface area contributed by atoms with E-state index in [9.17, 15) is 0 Å². The third-order valence-corrected chi connectivity index (χ3v) is 0. The van der Waals surface area contributed by atoms with Crippen LogP contribution >= 0.6 is 0 Å². The van der Waals surface area contributed by atoms with Crippen LogP contribution in [0.15, 0.2) is 0 Å². The number of aliphatic hydroxyl groups is 2. The molecule has 0 aromatic heterocycles. The zero-order valence-electron chi connectivity index (χ0n) is 7.76. The van der Waals surface area contributed by atoms with Crippen LogP contribution < -0.4 is 0 Å². The second kappa shape index (κ2) is 146. The Morgan fingerprint density at radius 2 is 0.818 bits per heavy atom. The van der Waals surface area contributed by atoms with Gasteiger partial charge in [0, 0.05) is 13.2 Å². The van der Waals surface area contributed by atoms with E-state index in [1.54, 1.807) is 13.8 Å². The first kappa shape index (κ1) is 61.8. The van der Waals surface area contributed by atoms with Gasteiger partial charge in [-0.15, -0.1) is 0 Å². The normalized spacial score (nSPS) is 3.27. The molecular formula is C6H22O4Ta. The molecule has 1 radical (unpaired) electrons.